The van der Waals surface area contributed by atoms with Gasteiger partial charge in [0.15, 0.2) is 0 Å². The number of rotatable bonds is 6. The molecule has 0 bridgehead atoms. The first-order chi connectivity index (χ1) is 13.3. The molecule has 0 spiro atoms. The van der Waals surface area contributed by atoms with Crippen LogP contribution in [0.1, 0.15) is 64.7 Å². The highest BCUT2D eigenvalue weighted by molar-refractivity contribution is 7.85. The van der Waals surface area contributed by atoms with E-state index in [9.17, 15) is 31.2 Å². The largest absolute Gasteiger partial charge is 0.459 e. The van der Waals surface area contributed by atoms with Gasteiger partial charge < -0.3 is 9.47 Å². The van der Waals surface area contributed by atoms with E-state index >= 15 is 0 Å². The molecule has 0 radical (unpaired) electrons. The zero-order valence-electron chi connectivity index (χ0n) is 16.2. The van der Waals surface area contributed by atoms with Crippen molar-refractivity contribution in [2.24, 2.45) is 11.8 Å². The first kappa shape index (κ1) is 23.9. The lowest BCUT2D eigenvalue weighted by Gasteiger charge is -2.36. The highest BCUT2D eigenvalue weighted by Crippen LogP contribution is 2.37. The lowest BCUT2D eigenvalue weighted by Crippen LogP contribution is -2.44. The van der Waals surface area contributed by atoms with E-state index in [1.165, 1.54) is 0 Å². The molecule has 0 saturated heterocycles. The summed E-state index contributed by atoms with van der Waals surface area (Å²) in [6, 6.07) is 0. The summed E-state index contributed by atoms with van der Waals surface area (Å²) >= 11 is 0. The molecule has 0 aromatic carbocycles. The maximum atomic E-state index is 13.0. The van der Waals surface area contributed by atoms with E-state index in [1.54, 1.807) is 0 Å². The highest BCUT2D eigenvalue weighted by Gasteiger charge is 2.48. The number of carbonyl (C=O) groups is 2. The van der Waals surface area contributed by atoms with E-state index in [0.717, 1.165) is 19.3 Å². The van der Waals surface area contributed by atoms with Crippen molar-refractivity contribution in [3.8, 4) is 0 Å². The van der Waals surface area contributed by atoms with Crippen LogP contribution in [0.15, 0.2) is 0 Å². The molecule has 0 aromatic rings. The molecule has 3 unspecified atom stereocenters. The van der Waals surface area contributed by atoms with Crippen molar-refractivity contribution in [1.82, 2.24) is 0 Å². The van der Waals surface area contributed by atoms with Crippen molar-refractivity contribution >= 4 is 22.1 Å². The quantitative estimate of drug-likeness (QED) is 0.494. The molecule has 168 valence electrons. The Balaban J connectivity index is 2.10. The number of alkyl halides is 3. The second-order valence-electron chi connectivity index (χ2n) is 8.14. The van der Waals surface area contributed by atoms with Gasteiger partial charge in [0, 0.05) is 0 Å². The van der Waals surface area contributed by atoms with E-state index in [-0.39, 0.29) is 12.8 Å². The van der Waals surface area contributed by atoms with Gasteiger partial charge in [0.2, 0.25) is 6.10 Å². The number of esters is 2. The van der Waals surface area contributed by atoms with Gasteiger partial charge in [-0.2, -0.15) is 21.6 Å². The average Bonchev–Trinajstić information content (AvgIpc) is 2.59. The lowest BCUT2D eigenvalue weighted by molar-refractivity contribution is -0.219. The summed E-state index contributed by atoms with van der Waals surface area (Å²) in [6.07, 6.45) is -2.38. The van der Waals surface area contributed by atoms with Crippen LogP contribution in [0.5, 0.6) is 0 Å². The molecule has 2 aliphatic rings. The molecule has 2 aliphatic carbocycles. The molecule has 11 heteroatoms. The summed E-state index contributed by atoms with van der Waals surface area (Å²) in [7, 11) is -5.03. The molecule has 1 N–H and O–H groups in total. The fourth-order valence-electron chi connectivity index (χ4n) is 4.03. The first-order valence-corrected chi connectivity index (χ1v) is 11.4. The predicted molar refractivity (Wildman–Crippen MR) is 95.4 cm³/mol. The predicted octanol–water partition coefficient (Wildman–Crippen LogP) is 3.42. The third-order valence-electron chi connectivity index (χ3n) is 5.62. The second kappa shape index (κ2) is 9.20. The number of hydrogen-bond acceptors (Lipinski definition) is 6. The van der Waals surface area contributed by atoms with Crippen molar-refractivity contribution in [3.05, 3.63) is 0 Å². The third-order valence-corrected chi connectivity index (χ3v) is 6.34. The van der Waals surface area contributed by atoms with Crippen LogP contribution in [0.25, 0.3) is 0 Å². The molecule has 29 heavy (non-hydrogen) atoms. The van der Waals surface area contributed by atoms with Crippen molar-refractivity contribution in [1.29, 1.82) is 0 Å². The minimum Gasteiger partial charge on any atom is -0.459 e. The number of carbonyl (C=O) groups excluding carboxylic acids is 2. The topological polar surface area (TPSA) is 107 Å². The maximum Gasteiger partial charge on any atom is 0.426 e. The Morgan fingerprint density at radius 3 is 2.03 bits per heavy atom. The van der Waals surface area contributed by atoms with Gasteiger partial charge in [0.1, 0.15) is 11.4 Å². The van der Waals surface area contributed by atoms with Crippen molar-refractivity contribution in [2.45, 2.75) is 82.6 Å². The monoisotopic (exact) mass is 444 g/mol. The summed E-state index contributed by atoms with van der Waals surface area (Å²) in [5.41, 5.74) is -0.652. The SMILES string of the molecule is CC1(OC(=O)C2CCCCC2C(=O)OC(CS(=O)(=O)O)C(F)(F)F)CCCCC1. The number of hydrogen-bond donors (Lipinski definition) is 1. The van der Waals surface area contributed by atoms with Gasteiger partial charge in [0.05, 0.1) is 11.8 Å². The van der Waals surface area contributed by atoms with Crippen molar-refractivity contribution in [2.75, 3.05) is 5.75 Å². The molecule has 2 saturated carbocycles. The van der Waals surface area contributed by atoms with Crippen LogP contribution in [0.2, 0.25) is 0 Å². The third kappa shape index (κ3) is 7.13. The summed E-state index contributed by atoms with van der Waals surface area (Å²) < 4.78 is 79.7. The Bertz CT molecular complexity index is 699. The standard InChI is InChI=1S/C18H27F3O7S/c1-17(9-5-2-6-10-17)28-16(23)13-8-4-3-7-12(13)15(22)27-14(18(19,20)21)11-29(24,25)26/h12-14H,2-11H2,1H3,(H,24,25,26). The van der Waals surface area contributed by atoms with Crippen LogP contribution in [0.3, 0.4) is 0 Å². The highest BCUT2D eigenvalue weighted by atomic mass is 32.2. The Hall–Kier alpha value is -1.36. The summed E-state index contributed by atoms with van der Waals surface area (Å²) in [5, 5.41) is 0. The van der Waals surface area contributed by atoms with E-state index in [0.29, 0.717) is 25.7 Å². The Kier molecular flexibility index (Phi) is 7.58. The maximum absolute atomic E-state index is 13.0. The molecule has 0 aromatic heterocycles. The van der Waals surface area contributed by atoms with Gasteiger partial charge in [0.25, 0.3) is 10.1 Å². The Morgan fingerprint density at radius 1 is 1.03 bits per heavy atom. The first-order valence-electron chi connectivity index (χ1n) is 9.76. The van der Waals surface area contributed by atoms with Crippen LogP contribution in [-0.2, 0) is 29.2 Å². The van der Waals surface area contributed by atoms with Crippen LogP contribution >= 0.6 is 0 Å². The van der Waals surface area contributed by atoms with Gasteiger partial charge in [-0.1, -0.05) is 19.3 Å². The van der Waals surface area contributed by atoms with Crippen LogP contribution in [0.4, 0.5) is 13.2 Å². The van der Waals surface area contributed by atoms with Gasteiger partial charge in [-0.15, -0.1) is 0 Å². The van der Waals surface area contributed by atoms with E-state index in [2.05, 4.69) is 4.74 Å². The molecule has 0 heterocycles. The zero-order valence-corrected chi connectivity index (χ0v) is 17.1. The molecule has 2 rings (SSSR count). The Morgan fingerprint density at radius 2 is 1.55 bits per heavy atom. The number of ether oxygens (including phenoxy) is 2. The van der Waals surface area contributed by atoms with Crippen molar-refractivity contribution < 1.29 is 45.2 Å². The van der Waals surface area contributed by atoms with E-state index in [1.807, 2.05) is 6.92 Å². The summed E-state index contributed by atoms with van der Waals surface area (Å²) in [5.74, 6) is -5.80. The van der Waals surface area contributed by atoms with Crippen molar-refractivity contribution in [3.63, 3.8) is 0 Å². The van der Waals surface area contributed by atoms with Crippen LogP contribution in [-0.4, -0.2) is 48.5 Å². The molecule has 0 amide bonds. The summed E-state index contributed by atoms with van der Waals surface area (Å²) in [4.78, 5) is 25.1. The Labute approximate surface area is 168 Å². The zero-order chi connectivity index (χ0) is 21.9. The molecule has 0 aliphatic heterocycles. The molecular formula is C18H27F3O7S. The lowest BCUT2D eigenvalue weighted by atomic mass is 9.78. The fraction of sp³-hybridized carbons (Fsp3) is 0.889. The molecule has 2 fully saturated rings. The van der Waals surface area contributed by atoms with Gasteiger partial charge in [-0.05, 0) is 45.4 Å². The van der Waals surface area contributed by atoms with E-state index in [4.69, 9.17) is 9.29 Å². The minimum atomic E-state index is -5.17. The molecule has 3 atom stereocenters. The van der Waals surface area contributed by atoms with Gasteiger partial charge in [-0.3, -0.25) is 14.1 Å². The summed E-state index contributed by atoms with van der Waals surface area (Å²) in [6.45, 7) is 1.81. The fourth-order valence-corrected chi connectivity index (χ4v) is 4.67. The number of halogens is 3. The second-order valence-corrected chi connectivity index (χ2v) is 9.64. The van der Waals surface area contributed by atoms with Gasteiger partial charge in [-0.25, -0.2) is 0 Å². The molecule has 7 nitrogen and oxygen atoms in total. The minimum absolute atomic E-state index is 0.145. The van der Waals surface area contributed by atoms with Crippen LogP contribution < -0.4 is 0 Å². The smallest absolute Gasteiger partial charge is 0.426 e. The van der Waals surface area contributed by atoms with E-state index < -0.39 is 57.5 Å². The normalized spacial score (nSPS) is 26.4. The van der Waals surface area contributed by atoms with Gasteiger partial charge >= 0.3 is 18.1 Å². The average molecular weight is 444 g/mol. The molecular weight excluding hydrogens is 417 g/mol. The van der Waals surface area contributed by atoms with Crippen LogP contribution in [0, 0.1) is 11.8 Å².